The van der Waals surface area contributed by atoms with Gasteiger partial charge in [-0.05, 0) is 36.6 Å². The van der Waals surface area contributed by atoms with Crippen LogP contribution in [0.4, 0.5) is 0 Å². The molecule has 0 spiro atoms. The predicted molar refractivity (Wildman–Crippen MR) is 109 cm³/mol. The zero-order valence-corrected chi connectivity index (χ0v) is 16.7. The van der Waals surface area contributed by atoms with Crippen molar-refractivity contribution in [3.8, 4) is 5.88 Å². The van der Waals surface area contributed by atoms with Crippen molar-refractivity contribution in [2.45, 2.75) is 26.9 Å². The van der Waals surface area contributed by atoms with E-state index in [9.17, 15) is 0 Å². The molecule has 24 heavy (non-hydrogen) atoms. The number of aryl methyl sites for hydroxylation is 1. The third-order valence-electron chi connectivity index (χ3n) is 3.48. The standard InChI is InChI=1S/C18H24N4O.HI/c1-4-23-17-11-15(9-10-20-17)12-21-18(19-3)22-13-16-8-6-5-7-14(16)2;/h5-11H,4,12-13H2,1-3H3,(H2,19,21,22);1H. The van der Waals surface area contributed by atoms with Gasteiger partial charge in [0, 0.05) is 32.4 Å². The fourth-order valence-corrected chi connectivity index (χ4v) is 2.18. The number of aliphatic imine (C=N–C) groups is 1. The summed E-state index contributed by atoms with van der Waals surface area (Å²) in [7, 11) is 1.77. The van der Waals surface area contributed by atoms with Crippen molar-refractivity contribution < 1.29 is 4.74 Å². The van der Waals surface area contributed by atoms with Crippen molar-refractivity contribution in [3.05, 3.63) is 59.3 Å². The molecule has 0 unspecified atom stereocenters. The summed E-state index contributed by atoms with van der Waals surface area (Å²) in [5.74, 6) is 1.41. The van der Waals surface area contributed by atoms with E-state index in [1.54, 1.807) is 13.2 Å². The highest BCUT2D eigenvalue weighted by Gasteiger charge is 2.02. The van der Waals surface area contributed by atoms with Crippen LogP contribution < -0.4 is 15.4 Å². The highest BCUT2D eigenvalue weighted by Crippen LogP contribution is 2.09. The maximum atomic E-state index is 5.41. The number of hydrogen-bond donors (Lipinski definition) is 2. The maximum Gasteiger partial charge on any atom is 0.213 e. The fourth-order valence-electron chi connectivity index (χ4n) is 2.18. The number of pyridine rings is 1. The first-order valence-corrected chi connectivity index (χ1v) is 7.79. The van der Waals surface area contributed by atoms with Crippen LogP contribution in [0, 0.1) is 6.92 Å². The van der Waals surface area contributed by atoms with Gasteiger partial charge >= 0.3 is 0 Å². The lowest BCUT2D eigenvalue weighted by Crippen LogP contribution is -2.36. The van der Waals surface area contributed by atoms with Crippen molar-refractivity contribution in [3.63, 3.8) is 0 Å². The Kier molecular flexibility index (Phi) is 9.14. The largest absolute Gasteiger partial charge is 0.478 e. The summed E-state index contributed by atoms with van der Waals surface area (Å²) in [6.07, 6.45) is 1.76. The molecule has 6 heteroatoms. The lowest BCUT2D eigenvalue weighted by molar-refractivity contribution is 0.326. The number of hydrogen-bond acceptors (Lipinski definition) is 3. The van der Waals surface area contributed by atoms with Gasteiger partial charge in [0.2, 0.25) is 5.88 Å². The average molecular weight is 440 g/mol. The molecule has 1 heterocycles. The molecule has 0 aliphatic rings. The minimum Gasteiger partial charge on any atom is -0.478 e. The number of benzene rings is 1. The van der Waals surface area contributed by atoms with Crippen LogP contribution in [-0.2, 0) is 13.1 Å². The summed E-state index contributed by atoms with van der Waals surface area (Å²) in [6.45, 7) is 6.08. The molecule has 5 nitrogen and oxygen atoms in total. The van der Waals surface area contributed by atoms with Crippen LogP contribution in [0.2, 0.25) is 0 Å². The van der Waals surface area contributed by atoms with Gasteiger partial charge in [-0.15, -0.1) is 24.0 Å². The van der Waals surface area contributed by atoms with Crippen molar-refractivity contribution in [2.75, 3.05) is 13.7 Å². The molecule has 0 atom stereocenters. The molecule has 2 N–H and O–H groups in total. The molecular weight excluding hydrogens is 415 g/mol. The molecule has 2 aromatic rings. The second kappa shape index (κ2) is 10.9. The average Bonchev–Trinajstić information content (AvgIpc) is 2.57. The minimum atomic E-state index is 0. The number of nitrogens with one attached hydrogen (secondary N) is 2. The van der Waals surface area contributed by atoms with E-state index in [1.807, 2.05) is 31.2 Å². The second-order valence-corrected chi connectivity index (χ2v) is 5.14. The van der Waals surface area contributed by atoms with Crippen LogP contribution in [0.3, 0.4) is 0 Å². The van der Waals surface area contributed by atoms with Crippen molar-refractivity contribution in [1.29, 1.82) is 0 Å². The molecule has 0 bridgehead atoms. The topological polar surface area (TPSA) is 58.5 Å². The van der Waals surface area contributed by atoms with Gasteiger partial charge < -0.3 is 15.4 Å². The van der Waals surface area contributed by atoms with Gasteiger partial charge in [-0.3, -0.25) is 4.99 Å². The van der Waals surface area contributed by atoms with Crippen LogP contribution in [0.15, 0.2) is 47.6 Å². The molecule has 1 aromatic carbocycles. The number of aromatic nitrogens is 1. The summed E-state index contributed by atoms with van der Waals surface area (Å²) in [6, 6.07) is 12.2. The van der Waals surface area contributed by atoms with Gasteiger partial charge in [-0.1, -0.05) is 24.3 Å². The zero-order chi connectivity index (χ0) is 16.5. The smallest absolute Gasteiger partial charge is 0.213 e. The van der Waals surface area contributed by atoms with Crippen LogP contribution in [0.5, 0.6) is 5.88 Å². The molecule has 1 aromatic heterocycles. The monoisotopic (exact) mass is 440 g/mol. The van der Waals surface area contributed by atoms with Gasteiger partial charge in [0.25, 0.3) is 0 Å². The zero-order valence-electron chi connectivity index (χ0n) is 14.4. The van der Waals surface area contributed by atoms with E-state index >= 15 is 0 Å². The molecule has 0 saturated carbocycles. The molecule has 0 aliphatic heterocycles. The Morgan fingerprint density at radius 1 is 1.17 bits per heavy atom. The quantitative estimate of drug-likeness (QED) is 0.411. The Morgan fingerprint density at radius 3 is 2.62 bits per heavy atom. The van der Waals surface area contributed by atoms with Crippen molar-refractivity contribution in [2.24, 2.45) is 4.99 Å². The number of nitrogens with zero attached hydrogens (tertiary/aromatic N) is 2. The SMILES string of the molecule is CCOc1cc(CNC(=NC)NCc2ccccc2C)ccn1.I. The molecule has 0 aliphatic carbocycles. The van der Waals surface area contributed by atoms with Crippen molar-refractivity contribution >= 4 is 29.9 Å². The van der Waals surface area contributed by atoms with E-state index < -0.39 is 0 Å². The molecule has 0 fully saturated rings. The van der Waals surface area contributed by atoms with E-state index in [2.05, 4.69) is 39.7 Å². The second-order valence-electron chi connectivity index (χ2n) is 5.14. The van der Waals surface area contributed by atoms with Gasteiger partial charge in [0.1, 0.15) is 0 Å². The van der Waals surface area contributed by atoms with Gasteiger partial charge in [0.15, 0.2) is 5.96 Å². The third kappa shape index (κ3) is 6.35. The molecule has 130 valence electrons. The Morgan fingerprint density at radius 2 is 1.92 bits per heavy atom. The summed E-state index contributed by atoms with van der Waals surface area (Å²) in [4.78, 5) is 8.42. The van der Waals surface area contributed by atoms with Gasteiger partial charge in [-0.2, -0.15) is 0 Å². The Hall–Kier alpha value is -1.83. The van der Waals surface area contributed by atoms with E-state index in [-0.39, 0.29) is 24.0 Å². The summed E-state index contributed by atoms with van der Waals surface area (Å²) < 4.78 is 5.41. The van der Waals surface area contributed by atoms with E-state index in [4.69, 9.17) is 4.74 Å². The summed E-state index contributed by atoms with van der Waals surface area (Å²) in [5, 5.41) is 6.63. The minimum absolute atomic E-state index is 0. The summed E-state index contributed by atoms with van der Waals surface area (Å²) in [5.41, 5.74) is 3.63. The van der Waals surface area contributed by atoms with Crippen LogP contribution in [0.25, 0.3) is 0 Å². The molecule has 0 radical (unpaired) electrons. The van der Waals surface area contributed by atoms with E-state index in [0.717, 1.165) is 18.1 Å². The third-order valence-corrected chi connectivity index (χ3v) is 3.48. The van der Waals surface area contributed by atoms with Crippen LogP contribution in [-0.4, -0.2) is 24.6 Å². The van der Waals surface area contributed by atoms with Gasteiger partial charge in [-0.25, -0.2) is 4.98 Å². The first kappa shape index (κ1) is 20.2. The number of guanidine groups is 1. The number of ether oxygens (including phenoxy) is 1. The predicted octanol–water partition coefficient (Wildman–Crippen LogP) is 3.27. The van der Waals surface area contributed by atoms with Crippen molar-refractivity contribution in [1.82, 2.24) is 15.6 Å². The molecular formula is C18H25IN4O. The number of rotatable bonds is 6. The highest BCUT2D eigenvalue weighted by atomic mass is 127. The van der Waals surface area contributed by atoms with E-state index in [0.29, 0.717) is 19.0 Å². The maximum absolute atomic E-state index is 5.41. The highest BCUT2D eigenvalue weighted by molar-refractivity contribution is 14.0. The van der Waals surface area contributed by atoms with E-state index in [1.165, 1.54) is 11.1 Å². The lowest BCUT2D eigenvalue weighted by Gasteiger charge is -2.13. The molecule has 0 saturated heterocycles. The molecule has 2 rings (SSSR count). The Balaban J connectivity index is 0.00000288. The van der Waals surface area contributed by atoms with Crippen LogP contribution >= 0.6 is 24.0 Å². The first-order chi connectivity index (χ1) is 11.2. The molecule has 0 amide bonds. The Bertz CT molecular complexity index is 661. The normalized spacial score (nSPS) is 10.7. The fraction of sp³-hybridized carbons (Fsp3) is 0.333. The first-order valence-electron chi connectivity index (χ1n) is 7.79. The summed E-state index contributed by atoms with van der Waals surface area (Å²) >= 11 is 0. The number of halogens is 1. The van der Waals surface area contributed by atoms with Gasteiger partial charge in [0.05, 0.1) is 6.61 Å². The Labute approximate surface area is 161 Å². The lowest BCUT2D eigenvalue weighted by atomic mass is 10.1. The van der Waals surface area contributed by atoms with Crippen LogP contribution in [0.1, 0.15) is 23.6 Å².